The molecule has 0 saturated carbocycles. The van der Waals surface area contributed by atoms with Gasteiger partial charge < -0.3 is 14.9 Å². The number of aromatic nitrogens is 2. The van der Waals surface area contributed by atoms with Gasteiger partial charge in [0.05, 0.1) is 0 Å². The Morgan fingerprint density at radius 2 is 1.96 bits per heavy atom. The van der Waals surface area contributed by atoms with Crippen molar-refractivity contribution in [3.63, 3.8) is 0 Å². The Morgan fingerprint density at radius 1 is 1.25 bits per heavy atom. The summed E-state index contributed by atoms with van der Waals surface area (Å²) in [5, 5.41) is 9.80. The number of anilines is 1. The monoisotopic (exact) mass is 344 g/mol. The number of likely N-dealkylation sites (tertiary alicyclic amines) is 1. The van der Waals surface area contributed by atoms with E-state index in [1.165, 1.54) is 11.0 Å². The van der Waals surface area contributed by atoms with E-state index in [1.54, 1.807) is 4.90 Å². The van der Waals surface area contributed by atoms with Crippen LogP contribution in [0.25, 0.3) is 0 Å². The fourth-order valence-electron chi connectivity index (χ4n) is 3.23. The molecule has 1 atom stereocenters. The summed E-state index contributed by atoms with van der Waals surface area (Å²) in [4.78, 5) is 21.9. The molecule has 0 bridgehead atoms. The maximum Gasteiger partial charge on any atom is 0.451 e. The lowest BCUT2D eigenvalue weighted by Crippen LogP contribution is -2.42. The van der Waals surface area contributed by atoms with Gasteiger partial charge in [0.2, 0.25) is 11.7 Å². The maximum atomic E-state index is 12.7. The number of amides is 1. The average molecular weight is 344 g/mol. The van der Waals surface area contributed by atoms with E-state index in [-0.39, 0.29) is 17.6 Å². The summed E-state index contributed by atoms with van der Waals surface area (Å²) in [6, 6.07) is 1.48. The summed E-state index contributed by atoms with van der Waals surface area (Å²) in [6.07, 6.45) is -1.81. The molecular formula is C15H19F3N4O2. The summed E-state index contributed by atoms with van der Waals surface area (Å²) < 4.78 is 38.1. The first-order chi connectivity index (χ1) is 11.3. The van der Waals surface area contributed by atoms with Gasteiger partial charge >= 0.3 is 6.18 Å². The lowest BCUT2D eigenvalue weighted by Gasteiger charge is -2.35. The second kappa shape index (κ2) is 6.54. The van der Waals surface area contributed by atoms with Crippen molar-refractivity contribution in [1.82, 2.24) is 14.9 Å². The predicted octanol–water partition coefficient (Wildman–Crippen LogP) is 1.65. The molecule has 6 nitrogen and oxygen atoms in total. The van der Waals surface area contributed by atoms with Crippen LogP contribution in [0, 0.1) is 5.92 Å². The summed E-state index contributed by atoms with van der Waals surface area (Å²) in [6.45, 7) is 1.64. The first kappa shape index (κ1) is 16.9. The van der Waals surface area contributed by atoms with E-state index >= 15 is 0 Å². The molecule has 0 radical (unpaired) electrons. The molecule has 132 valence electrons. The molecule has 9 heteroatoms. The van der Waals surface area contributed by atoms with Crippen LogP contribution < -0.4 is 4.90 Å². The average Bonchev–Trinajstić information content (AvgIpc) is 2.87. The molecule has 2 aliphatic rings. The highest BCUT2D eigenvalue weighted by molar-refractivity contribution is 5.78. The van der Waals surface area contributed by atoms with Crippen molar-refractivity contribution >= 4 is 11.7 Å². The summed E-state index contributed by atoms with van der Waals surface area (Å²) in [7, 11) is 0. The third kappa shape index (κ3) is 3.61. The zero-order valence-corrected chi connectivity index (χ0v) is 13.0. The van der Waals surface area contributed by atoms with Gasteiger partial charge in [0.1, 0.15) is 12.0 Å². The van der Waals surface area contributed by atoms with Crippen LogP contribution >= 0.6 is 0 Å². The lowest BCUT2D eigenvalue weighted by atomic mass is 9.96. The Morgan fingerprint density at radius 3 is 2.54 bits per heavy atom. The van der Waals surface area contributed by atoms with Gasteiger partial charge in [0.25, 0.3) is 0 Å². The van der Waals surface area contributed by atoms with Gasteiger partial charge in [-0.25, -0.2) is 9.97 Å². The van der Waals surface area contributed by atoms with Gasteiger partial charge in [-0.2, -0.15) is 13.2 Å². The first-order valence-electron chi connectivity index (χ1n) is 7.97. The van der Waals surface area contributed by atoms with Crippen molar-refractivity contribution in [3.8, 4) is 0 Å². The van der Waals surface area contributed by atoms with E-state index in [4.69, 9.17) is 0 Å². The van der Waals surface area contributed by atoms with Crippen molar-refractivity contribution in [2.24, 2.45) is 5.92 Å². The topological polar surface area (TPSA) is 69.6 Å². The van der Waals surface area contributed by atoms with E-state index in [0.717, 1.165) is 19.0 Å². The number of aliphatic hydroxyl groups is 1. The summed E-state index contributed by atoms with van der Waals surface area (Å²) >= 11 is 0. The Labute approximate surface area is 137 Å². The van der Waals surface area contributed by atoms with Crippen molar-refractivity contribution in [2.75, 3.05) is 24.5 Å². The highest BCUT2D eigenvalue weighted by Crippen LogP contribution is 2.29. The molecule has 2 saturated heterocycles. The zero-order valence-electron chi connectivity index (χ0n) is 13.0. The van der Waals surface area contributed by atoms with Crippen LogP contribution in [-0.2, 0) is 11.0 Å². The number of hydrogen-bond donors (Lipinski definition) is 1. The number of halogens is 3. The van der Waals surface area contributed by atoms with Crippen LogP contribution in [0.2, 0.25) is 0 Å². The molecule has 1 aromatic rings. The molecule has 1 aromatic heterocycles. The molecular weight excluding hydrogens is 325 g/mol. The van der Waals surface area contributed by atoms with Gasteiger partial charge in [-0.05, 0) is 24.8 Å². The largest absolute Gasteiger partial charge is 0.451 e. The number of hydrogen-bond acceptors (Lipinski definition) is 5. The minimum absolute atomic E-state index is 0.0319. The summed E-state index contributed by atoms with van der Waals surface area (Å²) in [5.74, 6) is -0.654. The van der Waals surface area contributed by atoms with Crippen molar-refractivity contribution in [2.45, 2.75) is 38.1 Å². The Hall–Kier alpha value is -1.90. The van der Waals surface area contributed by atoms with Crippen LogP contribution in [-0.4, -0.2) is 51.7 Å². The van der Waals surface area contributed by atoms with Crippen molar-refractivity contribution in [3.05, 3.63) is 18.1 Å². The standard InChI is InChI=1S/C15H19F3N4O2/c16-15(17,18)14-19-6-3-11(20-14)21-7-4-10(5-8-21)9-22-12(23)1-2-13(22)24/h3,6,10,12,23H,1-2,4-5,7-9H2. The Balaban J connectivity index is 1.58. The fraction of sp³-hybridized carbons (Fsp3) is 0.667. The normalized spacial score (nSPS) is 23.2. The van der Waals surface area contributed by atoms with E-state index < -0.39 is 18.2 Å². The zero-order chi connectivity index (χ0) is 17.3. The number of carbonyl (C=O) groups excluding carboxylic acids is 1. The SMILES string of the molecule is O=C1CCC(O)N1CC1CCN(c2ccnc(C(F)(F)F)n2)CC1. The Bertz CT molecular complexity index is 603. The predicted molar refractivity (Wildman–Crippen MR) is 78.9 cm³/mol. The molecule has 2 aliphatic heterocycles. The van der Waals surface area contributed by atoms with Crippen LogP contribution in [0.3, 0.4) is 0 Å². The highest BCUT2D eigenvalue weighted by Gasteiger charge is 2.36. The molecule has 24 heavy (non-hydrogen) atoms. The maximum absolute atomic E-state index is 12.7. The van der Waals surface area contributed by atoms with Crippen LogP contribution in [0.1, 0.15) is 31.5 Å². The second-order valence-electron chi connectivity index (χ2n) is 6.23. The van der Waals surface area contributed by atoms with Crippen LogP contribution in [0.5, 0.6) is 0 Å². The molecule has 0 spiro atoms. The number of aliphatic hydroxyl groups excluding tert-OH is 1. The van der Waals surface area contributed by atoms with Gasteiger partial charge in [0, 0.05) is 38.7 Å². The molecule has 1 N–H and O–H groups in total. The second-order valence-corrected chi connectivity index (χ2v) is 6.23. The number of nitrogens with zero attached hydrogens (tertiary/aromatic N) is 4. The van der Waals surface area contributed by atoms with Gasteiger partial charge in [-0.15, -0.1) is 0 Å². The third-order valence-corrected chi connectivity index (χ3v) is 4.58. The van der Waals surface area contributed by atoms with Crippen molar-refractivity contribution < 1.29 is 23.1 Å². The van der Waals surface area contributed by atoms with Gasteiger partial charge in [-0.1, -0.05) is 0 Å². The van der Waals surface area contributed by atoms with E-state index in [9.17, 15) is 23.1 Å². The van der Waals surface area contributed by atoms with Gasteiger partial charge in [-0.3, -0.25) is 4.79 Å². The van der Waals surface area contributed by atoms with E-state index in [2.05, 4.69) is 9.97 Å². The lowest BCUT2D eigenvalue weighted by molar-refractivity contribution is -0.144. The molecule has 2 fully saturated rings. The smallest absolute Gasteiger partial charge is 0.374 e. The fourth-order valence-corrected chi connectivity index (χ4v) is 3.23. The quantitative estimate of drug-likeness (QED) is 0.903. The van der Waals surface area contributed by atoms with E-state index in [1.807, 2.05) is 0 Å². The van der Waals surface area contributed by atoms with Gasteiger partial charge in [0.15, 0.2) is 0 Å². The number of rotatable bonds is 3. The molecule has 1 unspecified atom stereocenters. The van der Waals surface area contributed by atoms with Crippen LogP contribution in [0.15, 0.2) is 12.3 Å². The molecule has 0 aromatic carbocycles. The molecule has 3 heterocycles. The molecule has 0 aliphatic carbocycles. The number of carbonyl (C=O) groups is 1. The number of alkyl halides is 3. The first-order valence-corrected chi connectivity index (χ1v) is 7.97. The summed E-state index contributed by atoms with van der Waals surface area (Å²) in [5.41, 5.74) is 0. The van der Waals surface area contributed by atoms with E-state index in [0.29, 0.717) is 32.5 Å². The Kier molecular flexibility index (Phi) is 4.62. The van der Waals surface area contributed by atoms with Crippen LogP contribution in [0.4, 0.5) is 19.0 Å². The molecule has 3 rings (SSSR count). The number of piperidine rings is 1. The minimum Gasteiger partial charge on any atom is -0.374 e. The minimum atomic E-state index is -4.55. The third-order valence-electron chi connectivity index (χ3n) is 4.58. The van der Waals surface area contributed by atoms with Crippen molar-refractivity contribution in [1.29, 1.82) is 0 Å². The molecule has 1 amide bonds. The highest BCUT2D eigenvalue weighted by atomic mass is 19.4.